The molecule has 0 saturated heterocycles. The average molecular weight is 328 g/mol. The molecule has 0 aliphatic heterocycles. The van der Waals surface area contributed by atoms with Crippen molar-refractivity contribution in [1.82, 2.24) is 5.32 Å². The third-order valence-corrected chi connectivity index (χ3v) is 4.33. The number of nitrogens with one attached hydrogen (secondary N) is 1. The maximum atomic E-state index is 12.5. The van der Waals surface area contributed by atoms with Crippen molar-refractivity contribution in [3.63, 3.8) is 0 Å². The molecule has 0 bridgehead atoms. The van der Waals surface area contributed by atoms with Gasteiger partial charge in [0.2, 0.25) is 5.91 Å². The molecule has 0 aromatic heterocycles. The highest BCUT2D eigenvalue weighted by Crippen LogP contribution is 2.30. The van der Waals surface area contributed by atoms with Gasteiger partial charge in [0.15, 0.2) is 0 Å². The number of esters is 1. The number of carbonyl (C=O) groups is 2. The van der Waals surface area contributed by atoms with Crippen molar-refractivity contribution in [2.24, 2.45) is 23.2 Å². The predicted molar refractivity (Wildman–Crippen MR) is 95.1 cm³/mol. The summed E-state index contributed by atoms with van der Waals surface area (Å²) in [6, 6.07) is 0. The highest BCUT2D eigenvalue weighted by atomic mass is 16.5. The van der Waals surface area contributed by atoms with Gasteiger partial charge in [0, 0.05) is 5.92 Å². The van der Waals surface area contributed by atoms with Gasteiger partial charge in [-0.3, -0.25) is 9.59 Å². The Kier molecular flexibility index (Phi) is 10.2. The van der Waals surface area contributed by atoms with Gasteiger partial charge in [0.25, 0.3) is 0 Å². The van der Waals surface area contributed by atoms with Gasteiger partial charge < -0.3 is 10.1 Å². The minimum Gasteiger partial charge on any atom is -0.468 e. The lowest BCUT2D eigenvalue weighted by molar-refractivity contribution is -0.141. The standard InChI is InChI=1S/C19H37NO3/c1-8-9-15(3)16(18(22)20-13-17(21)23-7)11-10-14(2)12-19(4,5)6/h14-16H,8-13H2,1-7H3,(H,20,22). The van der Waals surface area contributed by atoms with Crippen LogP contribution in [0.3, 0.4) is 0 Å². The fourth-order valence-corrected chi connectivity index (χ4v) is 3.30. The summed E-state index contributed by atoms with van der Waals surface area (Å²) in [5.74, 6) is 0.488. The second kappa shape index (κ2) is 10.7. The monoisotopic (exact) mass is 327 g/mol. The molecule has 0 spiro atoms. The first-order valence-corrected chi connectivity index (χ1v) is 8.95. The summed E-state index contributed by atoms with van der Waals surface area (Å²) in [6.45, 7) is 13.3. The third kappa shape index (κ3) is 10.4. The van der Waals surface area contributed by atoms with Crippen LogP contribution >= 0.6 is 0 Å². The van der Waals surface area contributed by atoms with Crippen molar-refractivity contribution in [3.05, 3.63) is 0 Å². The minimum atomic E-state index is -0.402. The number of hydrogen-bond acceptors (Lipinski definition) is 3. The number of amides is 1. The van der Waals surface area contributed by atoms with E-state index in [0.717, 1.165) is 32.1 Å². The molecule has 0 fully saturated rings. The molecule has 0 aromatic rings. The molecule has 0 heterocycles. The Balaban J connectivity index is 4.62. The highest BCUT2D eigenvalue weighted by molar-refractivity contribution is 5.83. The van der Waals surface area contributed by atoms with E-state index in [1.54, 1.807) is 0 Å². The summed E-state index contributed by atoms with van der Waals surface area (Å²) in [5.41, 5.74) is 0.317. The van der Waals surface area contributed by atoms with Gasteiger partial charge in [-0.25, -0.2) is 0 Å². The first-order valence-electron chi connectivity index (χ1n) is 8.95. The quantitative estimate of drug-likeness (QED) is 0.612. The summed E-state index contributed by atoms with van der Waals surface area (Å²) < 4.78 is 4.59. The van der Waals surface area contributed by atoms with Gasteiger partial charge in [-0.15, -0.1) is 0 Å². The molecule has 0 saturated carbocycles. The number of carbonyl (C=O) groups excluding carboxylic acids is 2. The lowest BCUT2D eigenvalue weighted by Crippen LogP contribution is -2.38. The number of ether oxygens (including phenoxy) is 1. The number of rotatable bonds is 10. The summed E-state index contributed by atoms with van der Waals surface area (Å²) in [6.07, 6.45) is 5.18. The van der Waals surface area contributed by atoms with E-state index in [1.807, 2.05) is 0 Å². The molecule has 4 heteroatoms. The fraction of sp³-hybridized carbons (Fsp3) is 0.895. The molecular formula is C19H37NO3. The third-order valence-electron chi connectivity index (χ3n) is 4.33. The Morgan fingerprint density at radius 1 is 1.09 bits per heavy atom. The Hall–Kier alpha value is -1.06. The first kappa shape index (κ1) is 21.9. The van der Waals surface area contributed by atoms with E-state index in [1.165, 1.54) is 7.11 Å². The lowest BCUT2D eigenvalue weighted by Gasteiger charge is -2.27. The van der Waals surface area contributed by atoms with E-state index in [4.69, 9.17) is 0 Å². The summed E-state index contributed by atoms with van der Waals surface area (Å²) >= 11 is 0. The Morgan fingerprint density at radius 3 is 2.17 bits per heavy atom. The molecule has 3 atom stereocenters. The predicted octanol–water partition coefficient (Wildman–Crippen LogP) is 4.18. The van der Waals surface area contributed by atoms with Crippen molar-refractivity contribution in [1.29, 1.82) is 0 Å². The van der Waals surface area contributed by atoms with Crippen LogP contribution < -0.4 is 5.32 Å². The topological polar surface area (TPSA) is 55.4 Å². The summed E-state index contributed by atoms with van der Waals surface area (Å²) in [5, 5.41) is 2.73. The molecule has 1 amide bonds. The molecule has 0 aliphatic rings. The van der Waals surface area contributed by atoms with E-state index < -0.39 is 5.97 Å². The summed E-state index contributed by atoms with van der Waals surface area (Å²) in [7, 11) is 1.33. The zero-order valence-electron chi connectivity index (χ0n) is 16.2. The molecule has 136 valence electrons. The second-order valence-electron chi connectivity index (χ2n) is 8.11. The maximum absolute atomic E-state index is 12.5. The average Bonchev–Trinajstić information content (AvgIpc) is 2.43. The molecule has 3 unspecified atom stereocenters. The normalized spacial score (nSPS) is 15.6. The smallest absolute Gasteiger partial charge is 0.325 e. The van der Waals surface area contributed by atoms with Gasteiger partial charge >= 0.3 is 5.97 Å². The van der Waals surface area contributed by atoms with Crippen LogP contribution in [0.5, 0.6) is 0 Å². The van der Waals surface area contributed by atoms with Crippen LogP contribution in [-0.4, -0.2) is 25.5 Å². The van der Waals surface area contributed by atoms with E-state index in [2.05, 4.69) is 51.6 Å². The molecular weight excluding hydrogens is 290 g/mol. The van der Waals surface area contributed by atoms with Crippen LogP contribution in [0.2, 0.25) is 0 Å². The van der Waals surface area contributed by atoms with Crippen molar-refractivity contribution < 1.29 is 14.3 Å². The van der Waals surface area contributed by atoms with Crippen molar-refractivity contribution >= 4 is 11.9 Å². The lowest BCUT2D eigenvalue weighted by atomic mass is 9.79. The highest BCUT2D eigenvalue weighted by Gasteiger charge is 2.26. The van der Waals surface area contributed by atoms with E-state index >= 15 is 0 Å². The molecule has 1 N–H and O–H groups in total. The van der Waals surface area contributed by atoms with Crippen LogP contribution in [-0.2, 0) is 14.3 Å². The van der Waals surface area contributed by atoms with Gasteiger partial charge in [0.1, 0.15) is 6.54 Å². The largest absolute Gasteiger partial charge is 0.468 e. The Morgan fingerprint density at radius 2 is 1.70 bits per heavy atom. The molecule has 0 radical (unpaired) electrons. The summed E-state index contributed by atoms with van der Waals surface area (Å²) in [4.78, 5) is 23.7. The second-order valence-corrected chi connectivity index (χ2v) is 8.11. The number of methoxy groups -OCH3 is 1. The van der Waals surface area contributed by atoms with E-state index in [9.17, 15) is 9.59 Å². The molecule has 0 aliphatic carbocycles. The Labute approximate surface area is 142 Å². The fourth-order valence-electron chi connectivity index (χ4n) is 3.30. The van der Waals surface area contributed by atoms with E-state index in [-0.39, 0.29) is 18.4 Å². The van der Waals surface area contributed by atoms with E-state index in [0.29, 0.717) is 17.3 Å². The van der Waals surface area contributed by atoms with Gasteiger partial charge in [0.05, 0.1) is 7.11 Å². The molecule has 23 heavy (non-hydrogen) atoms. The molecule has 0 rings (SSSR count). The SMILES string of the molecule is CCCC(C)C(CCC(C)CC(C)(C)C)C(=O)NCC(=O)OC. The maximum Gasteiger partial charge on any atom is 0.325 e. The van der Waals surface area contributed by atoms with Crippen LogP contribution in [0.15, 0.2) is 0 Å². The minimum absolute atomic E-state index is 0.0145. The van der Waals surface area contributed by atoms with Crippen LogP contribution in [0.1, 0.15) is 73.6 Å². The zero-order chi connectivity index (χ0) is 18.0. The number of hydrogen-bond donors (Lipinski definition) is 1. The van der Waals surface area contributed by atoms with Crippen molar-refractivity contribution in [2.75, 3.05) is 13.7 Å². The van der Waals surface area contributed by atoms with Gasteiger partial charge in [-0.1, -0.05) is 54.4 Å². The zero-order valence-corrected chi connectivity index (χ0v) is 16.2. The van der Waals surface area contributed by atoms with Gasteiger partial charge in [-0.05, 0) is 36.5 Å². The van der Waals surface area contributed by atoms with Crippen LogP contribution in [0.4, 0.5) is 0 Å². The first-order chi connectivity index (χ1) is 10.6. The molecule has 4 nitrogen and oxygen atoms in total. The van der Waals surface area contributed by atoms with Crippen LogP contribution in [0.25, 0.3) is 0 Å². The Bertz CT molecular complexity index is 360. The van der Waals surface area contributed by atoms with Gasteiger partial charge in [-0.2, -0.15) is 0 Å². The molecule has 0 aromatic carbocycles. The van der Waals surface area contributed by atoms with Crippen LogP contribution in [0, 0.1) is 23.2 Å². The van der Waals surface area contributed by atoms with Crippen molar-refractivity contribution in [2.45, 2.75) is 73.6 Å². The van der Waals surface area contributed by atoms with Crippen molar-refractivity contribution in [3.8, 4) is 0 Å².